The van der Waals surface area contributed by atoms with Crippen molar-refractivity contribution in [2.75, 3.05) is 31.9 Å². The zero-order valence-electron chi connectivity index (χ0n) is 9.28. The quantitative estimate of drug-likeness (QED) is 0.743. The molecular formula is C10H20N2O2S. The van der Waals surface area contributed by atoms with Crippen LogP contribution in [0.25, 0.3) is 0 Å². The Balaban J connectivity index is 1.93. The first-order chi connectivity index (χ1) is 7.08. The molecule has 5 heteroatoms. The molecule has 0 radical (unpaired) electrons. The second kappa shape index (κ2) is 4.39. The Morgan fingerprint density at radius 2 is 2.27 bits per heavy atom. The van der Waals surface area contributed by atoms with Crippen LogP contribution in [0.5, 0.6) is 0 Å². The molecule has 0 aromatic carbocycles. The van der Waals surface area contributed by atoms with E-state index in [4.69, 9.17) is 0 Å². The SMILES string of the molecule is CC1CN(CC2CCCNC2)S(=O)(=O)C1. The lowest BCUT2D eigenvalue weighted by atomic mass is 9.99. The van der Waals surface area contributed by atoms with E-state index in [2.05, 4.69) is 5.32 Å². The van der Waals surface area contributed by atoms with Crippen molar-refractivity contribution in [2.24, 2.45) is 11.8 Å². The Morgan fingerprint density at radius 1 is 1.47 bits per heavy atom. The van der Waals surface area contributed by atoms with Gasteiger partial charge in [0.25, 0.3) is 0 Å². The van der Waals surface area contributed by atoms with E-state index in [1.165, 1.54) is 6.42 Å². The average molecular weight is 232 g/mol. The molecule has 0 aromatic rings. The maximum Gasteiger partial charge on any atom is 0.214 e. The molecule has 2 unspecified atom stereocenters. The zero-order valence-corrected chi connectivity index (χ0v) is 10.1. The molecule has 2 aliphatic heterocycles. The van der Waals surface area contributed by atoms with Gasteiger partial charge in [0.1, 0.15) is 0 Å². The second-order valence-corrected chi connectivity index (χ2v) is 6.93. The predicted octanol–water partition coefficient (Wildman–Crippen LogP) is 0.267. The molecule has 0 bridgehead atoms. The first-order valence-corrected chi connectivity index (χ1v) is 7.37. The van der Waals surface area contributed by atoms with Gasteiger partial charge in [-0.25, -0.2) is 12.7 Å². The number of hydrogen-bond donors (Lipinski definition) is 1. The van der Waals surface area contributed by atoms with E-state index in [0.717, 1.165) is 32.6 Å². The van der Waals surface area contributed by atoms with Gasteiger partial charge in [0, 0.05) is 13.1 Å². The van der Waals surface area contributed by atoms with Crippen molar-refractivity contribution in [1.29, 1.82) is 0 Å². The summed E-state index contributed by atoms with van der Waals surface area (Å²) in [4.78, 5) is 0. The van der Waals surface area contributed by atoms with Crippen LogP contribution in [-0.4, -0.2) is 44.7 Å². The van der Waals surface area contributed by atoms with Crippen LogP contribution in [-0.2, 0) is 10.0 Å². The Morgan fingerprint density at radius 3 is 2.80 bits per heavy atom. The van der Waals surface area contributed by atoms with Gasteiger partial charge in [0.2, 0.25) is 10.0 Å². The highest BCUT2D eigenvalue weighted by Gasteiger charge is 2.34. The monoisotopic (exact) mass is 232 g/mol. The van der Waals surface area contributed by atoms with Gasteiger partial charge in [0.15, 0.2) is 0 Å². The second-order valence-electron chi connectivity index (χ2n) is 4.91. The molecule has 0 aromatic heterocycles. The van der Waals surface area contributed by atoms with Gasteiger partial charge >= 0.3 is 0 Å². The molecule has 2 atom stereocenters. The highest BCUT2D eigenvalue weighted by molar-refractivity contribution is 7.89. The van der Waals surface area contributed by atoms with Gasteiger partial charge in [-0.2, -0.15) is 0 Å². The van der Waals surface area contributed by atoms with Crippen molar-refractivity contribution in [3.8, 4) is 0 Å². The van der Waals surface area contributed by atoms with E-state index < -0.39 is 10.0 Å². The molecule has 0 amide bonds. The van der Waals surface area contributed by atoms with Crippen LogP contribution in [0.1, 0.15) is 19.8 Å². The molecule has 0 saturated carbocycles. The van der Waals surface area contributed by atoms with E-state index >= 15 is 0 Å². The maximum absolute atomic E-state index is 11.8. The van der Waals surface area contributed by atoms with Crippen LogP contribution in [0, 0.1) is 11.8 Å². The van der Waals surface area contributed by atoms with Gasteiger partial charge in [-0.05, 0) is 37.8 Å². The summed E-state index contributed by atoms with van der Waals surface area (Å²) in [7, 11) is -2.93. The number of piperidine rings is 1. The van der Waals surface area contributed by atoms with Gasteiger partial charge in [-0.15, -0.1) is 0 Å². The molecule has 2 fully saturated rings. The molecule has 2 heterocycles. The van der Waals surface area contributed by atoms with Crippen molar-refractivity contribution in [3.63, 3.8) is 0 Å². The van der Waals surface area contributed by atoms with E-state index in [-0.39, 0.29) is 0 Å². The van der Waals surface area contributed by atoms with E-state index in [0.29, 0.717) is 17.6 Å². The third-order valence-corrected chi connectivity index (χ3v) is 5.34. The van der Waals surface area contributed by atoms with Crippen molar-refractivity contribution >= 4 is 10.0 Å². The number of nitrogens with one attached hydrogen (secondary N) is 1. The molecule has 0 aliphatic carbocycles. The van der Waals surface area contributed by atoms with Crippen molar-refractivity contribution in [2.45, 2.75) is 19.8 Å². The standard InChI is InChI=1S/C10H20N2O2S/c1-9-6-12(15(13,14)8-9)7-10-3-2-4-11-5-10/h9-11H,2-8H2,1H3. The Kier molecular flexibility index (Phi) is 3.33. The van der Waals surface area contributed by atoms with E-state index in [9.17, 15) is 8.42 Å². The van der Waals surface area contributed by atoms with Crippen LogP contribution in [0.4, 0.5) is 0 Å². The highest BCUT2D eigenvalue weighted by Crippen LogP contribution is 2.22. The minimum Gasteiger partial charge on any atom is -0.316 e. The Bertz CT molecular complexity index is 309. The fourth-order valence-electron chi connectivity index (χ4n) is 2.53. The number of sulfonamides is 1. The summed E-state index contributed by atoms with van der Waals surface area (Å²) in [5.41, 5.74) is 0. The predicted molar refractivity (Wildman–Crippen MR) is 60.1 cm³/mol. The third-order valence-electron chi connectivity index (χ3n) is 3.26. The van der Waals surface area contributed by atoms with E-state index in [1.807, 2.05) is 6.92 Å². The van der Waals surface area contributed by atoms with Crippen molar-refractivity contribution in [3.05, 3.63) is 0 Å². The highest BCUT2D eigenvalue weighted by atomic mass is 32.2. The van der Waals surface area contributed by atoms with Crippen LogP contribution in [0.15, 0.2) is 0 Å². The summed E-state index contributed by atoms with van der Waals surface area (Å²) >= 11 is 0. The van der Waals surface area contributed by atoms with Gasteiger partial charge in [-0.1, -0.05) is 6.92 Å². The van der Waals surface area contributed by atoms with Crippen LogP contribution >= 0.6 is 0 Å². The molecule has 2 rings (SSSR count). The summed E-state index contributed by atoms with van der Waals surface area (Å²) in [5, 5.41) is 3.33. The minimum atomic E-state index is -2.93. The van der Waals surface area contributed by atoms with Gasteiger partial charge in [0.05, 0.1) is 5.75 Å². The summed E-state index contributed by atoms with van der Waals surface area (Å²) in [6.07, 6.45) is 2.33. The van der Waals surface area contributed by atoms with Crippen molar-refractivity contribution in [1.82, 2.24) is 9.62 Å². The number of rotatable bonds is 2. The zero-order chi connectivity index (χ0) is 10.9. The summed E-state index contributed by atoms with van der Waals surface area (Å²) < 4.78 is 25.2. The lowest BCUT2D eigenvalue weighted by molar-refractivity contribution is 0.293. The maximum atomic E-state index is 11.8. The van der Waals surface area contributed by atoms with Crippen LogP contribution in [0.3, 0.4) is 0 Å². The summed E-state index contributed by atoms with van der Waals surface area (Å²) in [6, 6.07) is 0. The first kappa shape index (κ1) is 11.4. The molecular weight excluding hydrogens is 212 g/mol. The number of hydrogen-bond acceptors (Lipinski definition) is 3. The molecule has 15 heavy (non-hydrogen) atoms. The largest absolute Gasteiger partial charge is 0.316 e. The summed E-state index contributed by atoms with van der Waals surface area (Å²) in [5.74, 6) is 1.15. The van der Waals surface area contributed by atoms with Crippen molar-refractivity contribution < 1.29 is 8.42 Å². The lowest BCUT2D eigenvalue weighted by Crippen LogP contribution is -2.39. The first-order valence-electron chi connectivity index (χ1n) is 5.76. The normalized spacial score (nSPS) is 36.9. The smallest absolute Gasteiger partial charge is 0.214 e. The van der Waals surface area contributed by atoms with Crippen LogP contribution < -0.4 is 5.32 Å². The number of nitrogens with zero attached hydrogens (tertiary/aromatic N) is 1. The molecule has 1 N–H and O–H groups in total. The molecule has 88 valence electrons. The lowest BCUT2D eigenvalue weighted by Gasteiger charge is -2.26. The Labute approximate surface area is 92.1 Å². The van der Waals surface area contributed by atoms with Gasteiger partial charge < -0.3 is 5.32 Å². The average Bonchev–Trinajstić information content (AvgIpc) is 2.41. The molecule has 2 saturated heterocycles. The topological polar surface area (TPSA) is 49.4 Å². The molecule has 4 nitrogen and oxygen atoms in total. The minimum absolute atomic E-state index is 0.298. The Hall–Kier alpha value is -0.130. The fourth-order valence-corrected chi connectivity index (χ4v) is 4.49. The van der Waals surface area contributed by atoms with Crippen LogP contribution in [0.2, 0.25) is 0 Å². The molecule has 0 spiro atoms. The van der Waals surface area contributed by atoms with E-state index in [1.54, 1.807) is 4.31 Å². The summed E-state index contributed by atoms with van der Waals surface area (Å²) in [6.45, 7) is 5.51. The fraction of sp³-hybridized carbons (Fsp3) is 1.00. The van der Waals surface area contributed by atoms with Gasteiger partial charge in [-0.3, -0.25) is 0 Å². The molecule has 2 aliphatic rings. The third kappa shape index (κ3) is 2.71.